The highest BCUT2D eigenvalue weighted by Crippen LogP contribution is 2.34. The normalized spacial score (nSPS) is 19.0. The van der Waals surface area contributed by atoms with Crippen LogP contribution in [0.3, 0.4) is 0 Å². The van der Waals surface area contributed by atoms with Gasteiger partial charge in [-0.05, 0) is 36.5 Å². The van der Waals surface area contributed by atoms with Gasteiger partial charge in [0.1, 0.15) is 0 Å². The first-order valence-electron chi connectivity index (χ1n) is 11.2. The highest BCUT2D eigenvalue weighted by atomic mass is 16.7. The highest BCUT2D eigenvalue weighted by Gasteiger charge is 2.44. The molecule has 4 heteroatoms. The lowest BCUT2D eigenvalue weighted by Gasteiger charge is -2.46. The van der Waals surface area contributed by atoms with Crippen molar-refractivity contribution < 1.29 is 9.63 Å². The largest absolute Gasteiger partial charge is 0.375 e. The van der Waals surface area contributed by atoms with Crippen molar-refractivity contribution in [3.8, 4) is 5.75 Å². The van der Waals surface area contributed by atoms with Crippen LogP contribution >= 0.6 is 0 Å². The molecule has 1 aromatic carbocycles. The van der Waals surface area contributed by atoms with Crippen LogP contribution in [0.5, 0.6) is 5.75 Å². The summed E-state index contributed by atoms with van der Waals surface area (Å²) in [4.78, 5) is 18.5. The molecule has 28 heavy (non-hydrogen) atoms. The SMILES string of the molecule is CCCCCCCCCc1ccc(ON2C(=O)NCC(C)(C)C2C(C)C)cc1. The van der Waals surface area contributed by atoms with Gasteiger partial charge in [0.2, 0.25) is 0 Å². The smallest absolute Gasteiger partial charge is 0.350 e. The maximum atomic E-state index is 12.4. The standard InChI is InChI=1S/C24H40N2O2/c1-6-7-8-9-10-11-12-13-20-14-16-21(17-15-20)28-26-22(19(2)3)24(4,5)18-25-23(26)27/h14-17,19,22H,6-13,18H2,1-5H3,(H,25,27). The van der Waals surface area contributed by atoms with Crippen LogP contribution in [-0.2, 0) is 6.42 Å². The van der Waals surface area contributed by atoms with E-state index in [1.807, 2.05) is 12.1 Å². The Morgan fingerprint density at radius 3 is 2.29 bits per heavy atom. The van der Waals surface area contributed by atoms with Gasteiger partial charge in [-0.2, -0.15) is 5.06 Å². The van der Waals surface area contributed by atoms with Crippen molar-refractivity contribution in [2.24, 2.45) is 11.3 Å². The zero-order valence-corrected chi connectivity index (χ0v) is 18.6. The van der Waals surface area contributed by atoms with Crippen molar-refractivity contribution >= 4 is 6.03 Å². The first-order chi connectivity index (χ1) is 13.3. The van der Waals surface area contributed by atoms with Crippen LogP contribution in [0, 0.1) is 11.3 Å². The number of hydroxylamine groups is 2. The summed E-state index contributed by atoms with van der Waals surface area (Å²) in [6.07, 6.45) is 10.4. The summed E-state index contributed by atoms with van der Waals surface area (Å²) >= 11 is 0. The summed E-state index contributed by atoms with van der Waals surface area (Å²) in [7, 11) is 0. The fourth-order valence-corrected chi connectivity index (χ4v) is 4.32. The second-order valence-electron chi connectivity index (χ2n) is 9.27. The number of aryl methyl sites for hydroxylation is 1. The predicted molar refractivity (Wildman–Crippen MR) is 116 cm³/mol. The van der Waals surface area contributed by atoms with Crippen molar-refractivity contribution in [3.05, 3.63) is 29.8 Å². The van der Waals surface area contributed by atoms with E-state index in [0.717, 1.165) is 12.2 Å². The van der Waals surface area contributed by atoms with E-state index in [2.05, 4.69) is 52.1 Å². The number of unbranched alkanes of at least 4 members (excludes halogenated alkanes) is 6. The minimum atomic E-state index is -0.148. The molecule has 1 aromatic rings. The molecule has 1 unspecified atom stereocenters. The Labute approximate surface area is 172 Å². The van der Waals surface area contributed by atoms with Gasteiger partial charge in [-0.1, -0.05) is 85.3 Å². The lowest BCUT2D eigenvalue weighted by atomic mass is 9.77. The van der Waals surface area contributed by atoms with Crippen molar-refractivity contribution in [1.82, 2.24) is 10.4 Å². The van der Waals surface area contributed by atoms with Crippen molar-refractivity contribution in [2.75, 3.05) is 6.54 Å². The Hall–Kier alpha value is -1.71. The molecule has 0 radical (unpaired) electrons. The van der Waals surface area contributed by atoms with E-state index in [9.17, 15) is 4.79 Å². The van der Waals surface area contributed by atoms with E-state index in [1.54, 1.807) is 5.06 Å². The van der Waals surface area contributed by atoms with Crippen LogP contribution in [0.1, 0.15) is 85.1 Å². The van der Waals surface area contributed by atoms with Gasteiger partial charge in [0.25, 0.3) is 0 Å². The monoisotopic (exact) mass is 388 g/mol. The fraction of sp³-hybridized carbons (Fsp3) is 0.708. The number of carbonyl (C=O) groups excluding carboxylic acids is 1. The average Bonchev–Trinajstić information content (AvgIpc) is 2.65. The van der Waals surface area contributed by atoms with E-state index in [1.165, 1.54) is 50.5 Å². The highest BCUT2D eigenvalue weighted by molar-refractivity contribution is 5.74. The molecule has 0 spiro atoms. The quantitative estimate of drug-likeness (QED) is 0.449. The maximum Gasteiger partial charge on any atom is 0.350 e. The maximum absolute atomic E-state index is 12.4. The van der Waals surface area contributed by atoms with Crippen molar-refractivity contribution in [3.63, 3.8) is 0 Å². The number of benzene rings is 1. The molecule has 1 fully saturated rings. The van der Waals surface area contributed by atoms with E-state index < -0.39 is 0 Å². The number of amides is 2. The Morgan fingerprint density at radius 1 is 1.07 bits per heavy atom. The molecular formula is C24H40N2O2. The lowest BCUT2D eigenvalue weighted by molar-refractivity contribution is -0.114. The van der Waals surface area contributed by atoms with Gasteiger partial charge in [0.15, 0.2) is 5.75 Å². The number of nitrogens with zero attached hydrogens (tertiary/aromatic N) is 1. The topological polar surface area (TPSA) is 41.6 Å². The Kier molecular flexibility index (Phi) is 8.65. The molecule has 2 amide bonds. The molecule has 4 nitrogen and oxygen atoms in total. The predicted octanol–water partition coefficient (Wildman–Crippen LogP) is 6.35. The van der Waals surface area contributed by atoms with Gasteiger partial charge < -0.3 is 10.2 Å². The minimum absolute atomic E-state index is 0.0358. The number of carbonyl (C=O) groups is 1. The van der Waals surface area contributed by atoms with Crippen LogP contribution in [0.25, 0.3) is 0 Å². The molecule has 1 heterocycles. The second kappa shape index (κ2) is 10.7. The van der Waals surface area contributed by atoms with Crippen molar-refractivity contribution in [2.45, 2.75) is 92.0 Å². The third-order valence-electron chi connectivity index (χ3n) is 5.78. The molecular weight excluding hydrogens is 348 g/mol. The number of urea groups is 1. The molecule has 1 atom stereocenters. The van der Waals surface area contributed by atoms with Gasteiger partial charge >= 0.3 is 6.03 Å². The van der Waals surface area contributed by atoms with E-state index in [4.69, 9.17) is 4.84 Å². The summed E-state index contributed by atoms with van der Waals surface area (Å²) in [5.74, 6) is 1.04. The number of rotatable bonds is 11. The zero-order valence-electron chi connectivity index (χ0n) is 18.6. The van der Waals surface area contributed by atoms with Crippen LogP contribution in [-0.4, -0.2) is 23.7 Å². The molecule has 0 aromatic heterocycles. The molecule has 1 aliphatic heterocycles. The number of hydrogen-bond acceptors (Lipinski definition) is 2. The van der Waals surface area contributed by atoms with Gasteiger partial charge in [0, 0.05) is 12.0 Å². The molecule has 0 bridgehead atoms. The van der Waals surface area contributed by atoms with Gasteiger partial charge in [0.05, 0.1) is 6.04 Å². The zero-order chi connectivity index (χ0) is 20.6. The third-order valence-corrected chi connectivity index (χ3v) is 5.78. The number of nitrogens with one attached hydrogen (secondary N) is 1. The van der Waals surface area contributed by atoms with Gasteiger partial charge in [-0.15, -0.1) is 0 Å². The van der Waals surface area contributed by atoms with Crippen LogP contribution in [0.2, 0.25) is 0 Å². The fourth-order valence-electron chi connectivity index (χ4n) is 4.32. The Morgan fingerprint density at radius 2 is 1.68 bits per heavy atom. The Balaban J connectivity index is 1.86. The van der Waals surface area contributed by atoms with E-state index >= 15 is 0 Å². The summed E-state index contributed by atoms with van der Waals surface area (Å²) in [5, 5.41) is 4.49. The van der Waals surface area contributed by atoms with Crippen LogP contribution in [0.4, 0.5) is 4.79 Å². The molecule has 0 aliphatic carbocycles. The average molecular weight is 389 g/mol. The summed E-state index contributed by atoms with van der Waals surface area (Å²) < 4.78 is 0. The number of hydrogen-bond donors (Lipinski definition) is 1. The summed E-state index contributed by atoms with van der Waals surface area (Å²) in [6, 6.07) is 8.12. The lowest BCUT2D eigenvalue weighted by Crippen LogP contribution is -2.63. The van der Waals surface area contributed by atoms with Gasteiger partial charge in [-0.3, -0.25) is 0 Å². The molecule has 1 N–H and O–H groups in total. The van der Waals surface area contributed by atoms with Crippen LogP contribution < -0.4 is 10.2 Å². The van der Waals surface area contributed by atoms with E-state index in [0.29, 0.717) is 12.5 Å². The first-order valence-corrected chi connectivity index (χ1v) is 11.2. The third kappa shape index (κ3) is 6.42. The van der Waals surface area contributed by atoms with Gasteiger partial charge in [-0.25, -0.2) is 4.79 Å². The molecule has 0 saturated carbocycles. The molecule has 158 valence electrons. The molecule has 1 aliphatic rings. The minimum Gasteiger partial charge on any atom is -0.375 e. The van der Waals surface area contributed by atoms with E-state index in [-0.39, 0.29) is 17.5 Å². The molecule has 2 rings (SSSR count). The summed E-state index contributed by atoms with van der Waals surface area (Å²) in [6.45, 7) is 11.6. The van der Waals surface area contributed by atoms with Crippen molar-refractivity contribution in [1.29, 1.82) is 0 Å². The van der Waals surface area contributed by atoms with Crippen LogP contribution in [0.15, 0.2) is 24.3 Å². The molecule has 1 saturated heterocycles. The summed E-state index contributed by atoms with van der Waals surface area (Å²) in [5.41, 5.74) is 1.30. The second-order valence-corrected chi connectivity index (χ2v) is 9.27. The Bertz CT molecular complexity index is 595. The first kappa shape index (κ1) is 22.6.